The van der Waals surface area contributed by atoms with E-state index in [1.807, 2.05) is 0 Å². The molecule has 0 saturated heterocycles. The molecule has 0 fully saturated rings. The quantitative estimate of drug-likeness (QED) is 0.621. The summed E-state index contributed by atoms with van der Waals surface area (Å²) in [5.74, 6) is -0.464. The molecule has 0 saturated carbocycles. The lowest BCUT2D eigenvalue weighted by Gasteiger charge is -2.18. The van der Waals surface area contributed by atoms with Gasteiger partial charge < -0.3 is 20.3 Å². The van der Waals surface area contributed by atoms with Crippen LogP contribution in [0.15, 0.2) is 30.3 Å². The smallest absolute Gasteiger partial charge is 0.244 e. The normalized spacial score (nSPS) is 13.7. The van der Waals surface area contributed by atoms with E-state index in [1.165, 1.54) is 13.0 Å². The van der Waals surface area contributed by atoms with Gasteiger partial charge in [0.2, 0.25) is 5.91 Å². The summed E-state index contributed by atoms with van der Waals surface area (Å²) < 4.78 is 5.02. The average Bonchev–Trinajstić information content (AvgIpc) is 2.50. The minimum absolute atomic E-state index is 0.529. The van der Waals surface area contributed by atoms with Crippen LogP contribution in [0.5, 0.6) is 5.75 Å². The van der Waals surface area contributed by atoms with Crippen LogP contribution >= 0.6 is 0 Å². The van der Waals surface area contributed by atoms with Gasteiger partial charge in [0.15, 0.2) is 5.78 Å². The minimum atomic E-state index is -1.12. The molecule has 6 nitrogen and oxygen atoms in total. The molecule has 0 aliphatic rings. The molecule has 0 aromatic heterocycles. The first kappa shape index (κ1) is 16.9. The number of aliphatic hydroxyl groups excluding tert-OH is 2. The van der Waals surface area contributed by atoms with Crippen LogP contribution in [0.2, 0.25) is 0 Å². The third-order valence-corrected chi connectivity index (χ3v) is 2.83. The van der Waals surface area contributed by atoms with Crippen LogP contribution in [0.25, 0.3) is 6.08 Å². The van der Waals surface area contributed by atoms with Crippen LogP contribution < -0.4 is 10.1 Å². The van der Waals surface area contributed by atoms with Crippen molar-refractivity contribution in [3.63, 3.8) is 0 Å². The van der Waals surface area contributed by atoms with Crippen LogP contribution in [0.4, 0.5) is 0 Å². The van der Waals surface area contributed by atoms with Crippen molar-refractivity contribution in [1.82, 2.24) is 5.32 Å². The highest BCUT2D eigenvalue weighted by molar-refractivity contribution is 5.96. The number of hydrogen-bond acceptors (Lipinski definition) is 5. The van der Waals surface area contributed by atoms with Crippen molar-refractivity contribution in [2.45, 2.75) is 19.1 Å². The monoisotopic (exact) mass is 293 g/mol. The molecule has 114 valence electrons. The second kappa shape index (κ2) is 8.18. The fourth-order valence-corrected chi connectivity index (χ4v) is 1.66. The zero-order chi connectivity index (χ0) is 15.8. The van der Waals surface area contributed by atoms with Gasteiger partial charge in [-0.2, -0.15) is 0 Å². The van der Waals surface area contributed by atoms with Crippen molar-refractivity contribution in [3.8, 4) is 5.75 Å². The fraction of sp³-hybridized carbons (Fsp3) is 0.333. The maximum Gasteiger partial charge on any atom is 0.244 e. The standard InChI is InChI=1S/C15H19NO5/c1-10(18)15(13(19)9-17)16-14(20)8-5-11-3-6-12(21-2)7-4-11/h3-8,10,15,17-18H,9H2,1-2H3,(H,16,20)/b8-5+/t10-,15+/m1/s1. The second-order valence-electron chi connectivity index (χ2n) is 4.46. The summed E-state index contributed by atoms with van der Waals surface area (Å²) in [6, 6.07) is 5.93. The van der Waals surface area contributed by atoms with E-state index in [0.717, 1.165) is 5.56 Å². The molecule has 0 radical (unpaired) electrons. The van der Waals surface area contributed by atoms with E-state index in [2.05, 4.69) is 5.32 Å². The summed E-state index contributed by atoms with van der Waals surface area (Å²) in [6.07, 6.45) is 1.74. The van der Waals surface area contributed by atoms with Crippen molar-refractivity contribution in [3.05, 3.63) is 35.9 Å². The SMILES string of the molecule is COc1ccc(/C=C/C(=O)N[C@H](C(=O)CO)[C@@H](C)O)cc1. The largest absolute Gasteiger partial charge is 0.497 e. The highest BCUT2D eigenvalue weighted by Crippen LogP contribution is 2.12. The van der Waals surface area contributed by atoms with Crippen LogP contribution in [-0.2, 0) is 9.59 Å². The van der Waals surface area contributed by atoms with Gasteiger partial charge in [0.25, 0.3) is 0 Å². The molecule has 0 aliphatic carbocycles. The van der Waals surface area contributed by atoms with Gasteiger partial charge in [-0.3, -0.25) is 9.59 Å². The first-order valence-corrected chi connectivity index (χ1v) is 6.42. The van der Waals surface area contributed by atoms with Gasteiger partial charge in [-0.1, -0.05) is 12.1 Å². The molecule has 21 heavy (non-hydrogen) atoms. The number of carbonyl (C=O) groups excluding carboxylic acids is 2. The molecular formula is C15H19NO5. The Morgan fingerprint density at radius 1 is 1.33 bits per heavy atom. The molecule has 1 aromatic carbocycles. The van der Waals surface area contributed by atoms with E-state index >= 15 is 0 Å². The van der Waals surface area contributed by atoms with E-state index in [-0.39, 0.29) is 0 Å². The number of hydrogen-bond donors (Lipinski definition) is 3. The molecular weight excluding hydrogens is 274 g/mol. The van der Waals surface area contributed by atoms with Crippen molar-refractivity contribution in [2.24, 2.45) is 0 Å². The molecule has 1 rings (SSSR count). The molecule has 1 aromatic rings. The average molecular weight is 293 g/mol. The zero-order valence-corrected chi connectivity index (χ0v) is 11.9. The van der Waals surface area contributed by atoms with Crippen LogP contribution in [-0.4, -0.2) is 47.8 Å². The number of benzene rings is 1. The number of ether oxygens (including phenoxy) is 1. The van der Waals surface area contributed by atoms with Crippen molar-refractivity contribution in [2.75, 3.05) is 13.7 Å². The molecule has 0 bridgehead atoms. The molecule has 6 heteroatoms. The Morgan fingerprint density at radius 3 is 2.43 bits per heavy atom. The Morgan fingerprint density at radius 2 is 1.95 bits per heavy atom. The highest BCUT2D eigenvalue weighted by atomic mass is 16.5. The third kappa shape index (κ3) is 5.37. The number of ketones is 1. The lowest BCUT2D eigenvalue weighted by Crippen LogP contribution is -2.48. The van der Waals surface area contributed by atoms with E-state index in [1.54, 1.807) is 37.5 Å². The van der Waals surface area contributed by atoms with Gasteiger partial charge in [0, 0.05) is 6.08 Å². The number of rotatable bonds is 7. The van der Waals surface area contributed by atoms with E-state index < -0.39 is 30.4 Å². The summed E-state index contributed by atoms with van der Waals surface area (Å²) in [5, 5.41) is 20.6. The zero-order valence-electron chi connectivity index (χ0n) is 11.9. The Kier molecular flexibility index (Phi) is 6.58. The van der Waals surface area contributed by atoms with E-state index in [9.17, 15) is 14.7 Å². The maximum atomic E-state index is 11.7. The molecule has 1 amide bonds. The lowest BCUT2D eigenvalue weighted by molar-refractivity contribution is -0.130. The Labute approximate surface area is 123 Å². The Bertz CT molecular complexity index is 507. The number of carbonyl (C=O) groups is 2. The van der Waals surface area contributed by atoms with Gasteiger partial charge >= 0.3 is 0 Å². The predicted molar refractivity (Wildman–Crippen MR) is 77.7 cm³/mol. The summed E-state index contributed by atoms with van der Waals surface area (Å²) in [5.41, 5.74) is 0.785. The maximum absolute atomic E-state index is 11.7. The van der Waals surface area contributed by atoms with Gasteiger partial charge in [0.05, 0.1) is 13.2 Å². The first-order valence-electron chi connectivity index (χ1n) is 6.42. The van der Waals surface area contributed by atoms with Crippen molar-refractivity contribution >= 4 is 17.8 Å². The highest BCUT2D eigenvalue weighted by Gasteiger charge is 2.23. The molecule has 0 unspecified atom stereocenters. The number of aliphatic hydroxyl groups is 2. The number of amides is 1. The molecule has 0 aliphatic heterocycles. The fourth-order valence-electron chi connectivity index (χ4n) is 1.66. The van der Waals surface area contributed by atoms with E-state index in [4.69, 9.17) is 9.84 Å². The van der Waals surface area contributed by atoms with Crippen molar-refractivity contribution in [1.29, 1.82) is 0 Å². The summed E-state index contributed by atoms with van der Waals surface area (Å²) in [4.78, 5) is 23.1. The molecule has 0 heterocycles. The molecule has 2 atom stereocenters. The summed E-state index contributed by atoms with van der Waals surface area (Å²) in [6.45, 7) is 0.629. The number of Topliss-reactive ketones (excluding diaryl/α,β-unsaturated/α-hetero) is 1. The Hall–Kier alpha value is -2.18. The van der Waals surface area contributed by atoms with Gasteiger partial charge in [-0.25, -0.2) is 0 Å². The minimum Gasteiger partial charge on any atom is -0.497 e. The number of methoxy groups -OCH3 is 1. The summed E-state index contributed by atoms with van der Waals surface area (Å²) in [7, 11) is 1.56. The summed E-state index contributed by atoms with van der Waals surface area (Å²) >= 11 is 0. The second-order valence-corrected chi connectivity index (χ2v) is 4.46. The topological polar surface area (TPSA) is 95.9 Å². The van der Waals surface area contributed by atoms with Crippen LogP contribution in [0.3, 0.4) is 0 Å². The van der Waals surface area contributed by atoms with Gasteiger partial charge in [0.1, 0.15) is 18.4 Å². The van der Waals surface area contributed by atoms with Crippen LogP contribution in [0, 0.1) is 0 Å². The van der Waals surface area contributed by atoms with E-state index in [0.29, 0.717) is 5.75 Å². The van der Waals surface area contributed by atoms with Crippen molar-refractivity contribution < 1.29 is 24.5 Å². The van der Waals surface area contributed by atoms with Gasteiger partial charge in [-0.15, -0.1) is 0 Å². The first-order chi connectivity index (χ1) is 9.97. The number of nitrogens with one attached hydrogen (secondary N) is 1. The van der Waals surface area contributed by atoms with Crippen LogP contribution in [0.1, 0.15) is 12.5 Å². The Balaban J connectivity index is 2.66. The lowest BCUT2D eigenvalue weighted by atomic mass is 10.1. The predicted octanol–water partition coefficient (Wildman–Crippen LogP) is 0.135. The molecule has 0 spiro atoms. The third-order valence-electron chi connectivity index (χ3n) is 2.83. The molecule has 3 N–H and O–H groups in total. The van der Waals surface area contributed by atoms with Gasteiger partial charge in [-0.05, 0) is 30.7 Å².